The Morgan fingerprint density at radius 1 is 0.622 bits per heavy atom. The van der Waals surface area contributed by atoms with Gasteiger partial charge in [0.25, 0.3) is 0 Å². The lowest BCUT2D eigenvalue weighted by Gasteiger charge is -2.27. The normalized spacial score (nSPS) is 11.8. The van der Waals surface area contributed by atoms with E-state index in [2.05, 4.69) is 0 Å². The molecule has 3 aromatic carbocycles. The van der Waals surface area contributed by atoms with Crippen LogP contribution >= 0.6 is 0 Å². The molecule has 0 heterocycles. The van der Waals surface area contributed by atoms with Crippen LogP contribution in [0.3, 0.4) is 0 Å². The van der Waals surface area contributed by atoms with Crippen molar-refractivity contribution in [2.24, 2.45) is 0 Å². The Labute approximate surface area is 267 Å². The zero-order chi connectivity index (χ0) is 33.4. The van der Waals surface area contributed by atoms with Crippen molar-refractivity contribution >= 4 is 18.2 Å². The minimum absolute atomic E-state index is 0.145. The molecule has 0 saturated heterocycles. The molecule has 0 unspecified atom stereocenters. The third-order valence-corrected chi connectivity index (χ3v) is 6.12. The third-order valence-electron chi connectivity index (χ3n) is 6.12. The smallest absolute Gasteiger partial charge is 0.338 e. The first-order valence-electron chi connectivity index (χ1n) is 15.2. The quantitative estimate of drug-likeness (QED) is 0.162. The van der Waals surface area contributed by atoms with Gasteiger partial charge in [0.2, 0.25) is 0 Å². The number of hydrogen-bond acceptors (Lipinski definition) is 8. The van der Waals surface area contributed by atoms with E-state index in [-0.39, 0.29) is 18.8 Å². The molecule has 0 radical (unpaired) electrons. The summed E-state index contributed by atoms with van der Waals surface area (Å²) in [7, 11) is 0. The molecule has 0 bridgehead atoms. The maximum absolute atomic E-state index is 12.9. The molecule has 45 heavy (non-hydrogen) atoms. The van der Waals surface area contributed by atoms with Crippen molar-refractivity contribution in [1.82, 2.24) is 0 Å². The van der Waals surface area contributed by atoms with E-state index < -0.39 is 23.1 Å². The summed E-state index contributed by atoms with van der Waals surface area (Å²) >= 11 is 0. The molecule has 0 saturated carbocycles. The first-order valence-corrected chi connectivity index (χ1v) is 15.2. The molecular formula is C37H47NO7. The SMILES string of the molecule is CC(C)(C)Oc1ccc(C(=O)OCCc2ccc(CCOC(=O)c3ccc(OC(C)(C)C)c(OC(C)(C)C)c3)c(C=N)c2)cc1. The number of benzene rings is 3. The molecule has 0 amide bonds. The maximum atomic E-state index is 12.9. The molecule has 242 valence electrons. The lowest BCUT2D eigenvalue weighted by molar-refractivity contribution is 0.0497. The van der Waals surface area contributed by atoms with Gasteiger partial charge in [0, 0.05) is 19.1 Å². The van der Waals surface area contributed by atoms with Gasteiger partial charge in [-0.25, -0.2) is 9.59 Å². The van der Waals surface area contributed by atoms with Crippen molar-refractivity contribution < 1.29 is 33.3 Å². The van der Waals surface area contributed by atoms with Gasteiger partial charge in [0.15, 0.2) is 11.5 Å². The predicted octanol–water partition coefficient (Wildman–Crippen LogP) is 8.02. The predicted molar refractivity (Wildman–Crippen MR) is 176 cm³/mol. The van der Waals surface area contributed by atoms with Crippen molar-refractivity contribution in [3.05, 3.63) is 88.5 Å². The van der Waals surface area contributed by atoms with E-state index in [0.29, 0.717) is 46.8 Å². The van der Waals surface area contributed by atoms with Crippen LogP contribution < -0.4 is 14.2 Å². The highest BCUT2D eigenvalue weighted by molar-refractivity contribution is 5.90. The zero-order valence-corrected chi connectivity index (χ0v) is 28.0. The number of nitrogens with one attached hydrogen (secondary N) is 1. The molecule has 0 aromatic heterocycles. The first kappa shape index (κ1) is 35.2. The average Bonchev–Trinajstić information content (AvgIpc) is 2.92. The molecule has 0 fully saturated rings. The molecule has 0 aliphatic carbocycles. The van der Waals surface area contributed by atoms with E-state index in [1.54, 1.807) is 42.5 Å². The number of carbonyl (C=O) groups is 2. The molecule has 8 heteroatoms. The summed E-state index contributed by atoms with van der Waals surface area (Å²) in [5, 5.41) is 7.89. The summed E-state index contributed by atoms with van der Waals surface area (Å²) < 4.78 is 28.9. The van der Waals surface area contributed by atoms with E-state index >= 15 is 0 Å². The van der Waals surface area contributed by atoms with E-state index in [0.717, 1.165) is 11.1 Å². The van der Waals surface area contributed by atoms with Crippen molar-refractivity contribution in [2.75, 3.05) is 13.2 Å². The fourth-order valence-electron chi connectivity index (χ4n) is 4.32. The van der Waals surface area contributed by atoms with Gasteiger partial charge >= 0.3 is 11.9 Å². The minimum atomic E-state index is -0.483. The van der Waals surface area contributed by atoms with Crippen molar-refractivity contribution in [3.63, 3.8) is 0 Å². The van der Waals surface area contributed by atoms with Gasteiger partial charge in [0.05, 0.1) is 24.3 Å². The van der Waals surface area contributed by atoms with E-state index in [9.17, 15) is 9.59 Å². The highest BCUT2D eigenvalue weighted by Crippen LogP contribution is 2.34. The van der Waals surface area contributed by atoms with Crippen molar-refractivity contribution in [1.29, 1.82) is 5.41 Å². The van der Waals surface area contributed by atoms with Crippen LogP contribution in [0, 0.1) is 5.41 Å². The Kier molecular flexibility index (Phi) is 11.4. The largest absolute Gasteiger partial charge is 0.488 e. The minimum Gasteiger partial charge on any atom is -0.488 e. The Bertz CT molecular complexity index is 1470. The monoisotopic (exact) mass is 617 g/mol. The standard InChI is InChI=1S/C37H47NO7/c1-35(2,3)43-30-15-12-27(13-16-30)33(39)41-20-18-25-10-11-26(29(22-25)24-38)19-21-42-34(40)28-14-17-31(44-36(4,5)6)32(23-28)45-37(7,8)9/h10-17,22-24,38H,18-21H2,1-9H3. The summed E-state index contributed by atoms with van der Waals surface area (Å²) in [5.41, 5.74) is 2.10. The van der Waals surface area contributed by atoms with Crippen LogP contribution in [0.15, 0.2) is 60.7 Å². The van der Waals surface area contributed by atoms with Gasteiger partial charge in [-0.1, -0.05) is 12.1 Å². The second kappa shape index (κ2) is 14.6. The second-order valence-electron chi connectivity index (χ2n) is 13.8. The fourth-order valence-corrected chi connectivity index (χ4v) is 4.32. The fraction of sp³-hybridized carbons (Fsp3) is 0.432. The van der Waals surface area contributed by atoms with Crippen LogP contribution in [0.1, 0.15) is 99.7 Å². The second-order valence-corrected chi connectivity index (χ2v) is 13.8. The van der Waals surface area contributed by atoms with Crippen molar-refractivity contribution in [3.8, 4) is 17.2 Å². The Morgan fingerprint density at radius 2 is 1.16 bits per heavy atom. The average molecular weight is 618 g/mol. The van der Waals surface area contributed by atoms with Crippen LogP contribution in [0.4, 0.5) is 0 Å². The molecule has 3 rings (SSSR count). The highest BCUT2D eigenvalue weighted by Gasteiger charge is 2.22. The molecule has 0 atom stereocenters. The van der Waals surface area contributed by atoms with Gasteiger partial charge in [-0.15, -0.1) is 0 Å². The number of hydrogen-bond donors (Lipinski definition) is 1. The molecule has 1 N–H and O–H groups in total. The zero-order valence-electron chi connectivity index (χ0n) is 28.0. The van der Waals surface area contributed by atoms with Crippen LogP contribution in [-0.4, -0.2) is 48.2 Å². The van der Waals surface area contributed by atoms with E-state index in [1.807, 2.05) is 80.5 Å². The number of carbonyl (C=O) groups excluding carboxylic acids is 2. The van der Waals surface area contributed by atoms with Gasteiger partial charge in [-0.3, -0.25) is 0 Å². The highest BCUT2D eigenvalue weighted by atomic mass is 16.5. The third kappa shape index (κ3) is 11.9. The molecule has 0 aliphatic heterocycles. The molecule has 0 spiro atoms. The molecule has 8 nitrogen and oxygen atoms in total. The summed E-state index contributed by atoms with van der Waals surface area (Å²) in [6.07, 6.45) is 2.22. The Morgan fingerprint density at radius 3 is 1.73 bits per heavy atom. The number of ether oxygens (including phenoxy) is 5. The van der Waals surface area contributed by atoms with Gasteiger partial charge in [0.1, 0.15) is 22.6 Å². The van der Waals surface area contributed by atoms with Gasteiger partial charge in [-0.2, -0.15) is 0 Å². The lowest BCUT2D eigenvalue weighted by atomic mass is 10.0. The van der Waals surface area contributed by atoms with E-state index in [4.69, 9.17) is 29.1 Å². The van der Waals surface area contributed by atoms with Crippen LogP contribution in [0.2, 0.25) is 0 Å². The van der Waals surface area contributed by atoms with Crippen LogP contribution in [0.25, 0.3) is 0 Å². The Balaban J connectivity index is 1.55. The van der Waals surface area contributed by atoms with Crippen molar-refractivity contribution in [2.45, 2.75) is 92.0 Å². The van der Waals surface area contributed by atoms with E-state index in [1.165, 1.54) is 6.21 Å². The molecule has 3 aromatic rings. The first-order chi connectivity index (χ1) is 20.9. The summed E-state index contributed by atoms with van der Waals surface area (Å²) in [4.78, 5) is 25.4. The summed E-state index contributed by atoms with van der Waals surface area (Å²) in [6, 6.07) is 17.7. The van der Waals surface area contributed by atoms with Gasteiger partial charge in [-0.05, 0) is 128 Å². The van der Waals surface area contributed by atoms with Crippen LogP contribution in [-0.2, 0) is 22.3 Å². The molecule has 0 aliphatic rings. The van der Waals surface area contributed by atoms with Crippen LogP contribution in [0.5, 0.6) is 17.2 Å². The maximum Gasteiger partial charge on any atom is 0.338 e. The Hall–Kier alpha value is -4.33. The topological polar surface area (TPSA) is 104 Å². The number of rotatable bonds is 12. The summed E-state index contributed by atoms with van der Waals surface area (Å²) in [6.45, 7) is 17.9. The summed E-state index contributed by atoms with van der Waals surface area (Å²) in [5.74, 6) is 0.842. The number of esters is 2. The lowest BCUT2D eigenvalue weighted by Crippen LogP contribution is -2.26. The van der Waals surface area contributed by atoms with Gasteiger partial charge < -0.3 is 29.1 Å². The molecular weight excluding hydrogens is 570 g/mol.